The monoisotopic (exact) mass is 454 g/mol. The molecular weight excluding hydrogens is 424 g/mol. The van der Waals surface area contributed by atoms with Crippen LogP contribution < -0.4 is 10.9 Å². The maximum atomic E-state index is 11.4. The van der Waals surface area contributed by atoms with Crippen LogP contribution in [-0.4, -0.2) is 52.7 Å². The molecule has 1 aliphatic carbocycles. The van der Waals surface area contributed by atoms with E-state index in [2.05, 4.69) is 32.6 Å². The Hall–Kier alpha value is -2.49. The number of nitrogens with zero attached hydrogens (tertiary/aromatic N) is 4. The molecule has 1 aliphatic heterocycles. The number of hydrogen-bond acceptors (Lipinski definition) is 6. The number of anilines is 1. The first-order valence-electron chi connectivity index (χ1n) is 11.2. The summed E-state index contributed by atoms with van der Waals surface area (Å²) < 4.78 is 25.0. The van der Waals surface area contributed by atoms with Gasteiger partial charge in [-0.05, 0) is 56.2 Å². The first-order valence-corrected chi connectivity index (χ1v) is 12.9. The Balaban J connectivity index is 1.42. The third kappa shape index (κ3) is 4.12. The highest BCUT2D eigenvalue weighted by Gasteiger charge is 2.36. The molecule has 8 nitrogen and oxygen atoms in total. The molecule has 4 N–H and O–H groups in total. The standard InChI is InChI=1S/C23H30N6O2S/c1-15-5-7-28(15)12-17-10-19(11-17)29-13-20(21-22(24)26-14-27-23(21)29)18-4-2-3-16(9-18)6-8-32(25,30)31/h2-4,9,13-15,17,19H,5-8,10-12H2,1H3,(H2,24,26,27)(H2,25,30,31)/t15-,17?,19?/m1/s1. The highest BCUT2D eigenvalue weighted by molar-refractivity contribution is 7.89. The van der Waals surface area contributed by atoms with Gasteiger partial charge in [0.1, 0.15) is 17.8 Å². The predicted octanol–water partition coefficient (Wildman–Crippen LogP) is 2.56. The van der Waals surface area contributed by atoms with Crippen molar-refractivity contribution < 1.29 is 8.42 Å². The summed E-state index contributed by atoms with van der Waals surface area (Å²) in [5.74, 6) is 1.11. The van der Waals surface area contributed by atoms with Crippen LogP contribution in [0.2, 0.25) is 0 Å². The highest BCUT2D eigenvalue weighted by Crippen LogP contribution is 2.43. The fraction of sp³-hybridized carbons (Fsp3) is 0.478. The number of sulfonamides is 1. The summed E-state index contributed by atoms with van der Waals surface area (Å²) in [5, 5.41) is 6.04. The number of nitrogens with two attached hydrogens (primary N) is 2. The Labute approximate surface area is 188 Å². The zero-order valence-electron chi connectivity index (χ0n) is 18.3. The molecule has 0 amide bonds. The van der Waals surface area contributed by atoms with Gasteiger partial charge >= 0.3 is 0 Å². The van der Waals surface area contributed by atoms with Crippen molar-refractivity contribution in [2.45, 2.75) is 44.7 Å². The van der Waals surface area contributed by atoms with Crippen LogP contribution in [0.5, 0.6) is 0 Å². The van der Waals surface area contributed by atoms with Gasteiger partial charge in [-0.3, -0.25) is 0 Å². The molecule has 1 saturated heterocycles. The Morgan fingerprint density at radius 1 is 1.22 bits per heavy atom. The third-order valence-corrected chi connectivity index (χ3v) is 7.88. The van der Waals surface area contributed by atoms with E-state index in [0.717, 1.165) is 52.5 Å². The summed E-state index contributed by atoms with van der Waals surface area (Å²) in [5.41, 5.74) is 10.0. The average Bonchev–Trinajstić information content (AvgIpc) is 3.10. The van der Waals surface area contributed by atoms with Gasteiger partial charge in [0.2, 0.25) is 10.0 Å². The van der Waals surface area contributed by atoms with Crippen molar-refractivity contribution in [1.82, 2.24) is 19.4 Å². The molecule has 32 heavy (non-hydrogen) atoms. The molecule has 3 aromatic rings. The van der Waals surface area contributed by atoms with Crippen LogP contribution in [0.4, 0.5) is 5.82 Å². The van der Waals surface area contributed by atoms with Gasteiger partial charge in [-0.1, -0.05) is 24.3 Å². The zero-order valence-corrected chi connectivity index (χ0v) is 19.1. The third-order valence-electron chi connectivity index (χ3n) is 7.11. The molecular formula is C23H30N6O2S. The molecule has 1 saturated carbocycles. The van der Waals surface area contributed by atoms with Crippen LogP contribution in [0, 0.1) is 5.92 Å². The number of aryl methyl sites for hydroxylation is 1. The lowest BCUT2D eigenvalue weighted by molar-refractivity contribution is 0.0481. The number of rotatable bonds is 7. The summed E-state index contributed by atoms with van der Waals surface area (Å²) in [6, 6.07) is 9.01. The van der Waals surface area contributed by atoms with Gasteiger partial charge in [0.05, 0.1) is 11.1 Å². The summed E-state index contributed by atoms with van der Waals surface area (Å²) in [6.45, 7) is 4.72. The van der Waals surface area contributed by atoms with Crippen LogP contribution >= 0.6 is 0 Å². The summed E-state index contributed by atoms with van der Waals surface area (Å²) in [7, 11) is -3.51. The molecule has 0 bridgehead atoms. The number of primary sulfonamides is 1. The van der Waals surface area contributed by atoms with Crippen molar-refractivity contribution in [3.8, 4) is 11.1 Å². The van der Waals surface area contributed by atoms with Gasteiger partial charge in [-0.15, -0.1) is 0 Å². The minimum atomic E-state index is -3.51. The summed E-state index contributed by atoms with van der Waals surface area (Å²) in [4.78, 5) is 11.4. The second kappa shape index (κ2) is 8.13. The minimum absolute atomic E-state index is 0.0808. The van der Waals surface area contributed by atoms with Gasteiger partial charge in [0.25, 0.3) is 0 Å². The van der Waals surface area contributed by atoms with E-state index in [-0.39, 0.29) is 5.75 Å². The fourth-order valence-corrected chi connectivity index (χ4v) is 5.53. The van der Waals surface area contributed by atoms with Gasteiger partial charge < -0.3 is 15.2 Å². The zero-order chi connectivity index (χ0) is 22.5. The molecule has 170 valence electrons. The lowest BCUT2D eigenvalue weighted by Crippen LogP contribution is -2.49. The maximum absolute atomic E-state index is 11.4. The lowest BCUT2D eigenvalue weighted by Gasteiger charge is -2.45. The van der Waals surface area contributed by atoms with Gasteiger partial charge in [0.15, 0.2) is 0 Å². The largest absolute Gasteiger partial charge is 0.383 e. The molecule has 9 heteroatoms. The molecule has 1 aromatic carbocycles. The molecule has 5 rings (SSSR count). The number of nitrogen functional groups attached to an aromatic ring is 1. The molecule has 2 aliphatic rings. The van der Waals surface area contributed by atoms with Crippen LogP contribution in [0.15, 0.2) is 36.8 Å². The van der Waals surface area contributed by atoms with Crippen molar-refractivity contribution in [3.05, 3.63) is 42.4 Å². The molecule has 0 radical (unpaired) electrons. The SMILES string of the molecule is C[C@@H]1CCN1CC1CC(n2cc(-c3cccc(CCS(N)(=O)=O)c3)c3c(N)ncnc32)C1. The number of aromatic nitrogens is 3. The highest BCUT2D eigenvalue weighted by atomic mass is 32.2. The van der Waals surface area contributed by atoms with Crippen molar-refractivity contribution in [3.63, 3.8) is 0 Å². The smallest absolute Gasteiger partial charge is 0.209 e. The molecule has 2 fully saturated rings. The summed E-state index contributed by atoms with van der Waals surface area (Å²) in [6.07, 6.45) is 7.64. The van der Waals surface area contributed by atoms with Crippen molar-refractivity contribution in [2.24, 2.45) is 11.1 Å². The van der Waals surface area contributed by atoms with E-state index < -0.39 is 10.0 Å². The van der Waals surface area contributed by atoms with Crippen LogP contribution in [-0.2, 0) is 16.4 Å². The average molecular weight is 455 g/mol. The van der Waals surface area contributed by atoms with E-state index in [1.165, 1.54) is 25.8 Å². The number of hydrogen-bond donors (Lipinski definition) is 2. The molecule has 3 heterocycles. The molecule has 1 atom stereocenters. The van der Waals surface area contributed by atoms with E-state index >= 15 is 0 Å². The van der Waals surface area contributed by atoms with Gasteiger partial charge in [-0.25, -0.2) is 23.5 Å². The van der Waals surface area contributed by atoms with E-state index in [1.54, 1.807) is 0 Å². The van der Waals surface area contributed by atoms with Gasteiger partial charge in [-0.2, -0.15) is 0 Å². The Kier molecular flexibility index (Phi) is 5.43. The van der Waals surface area contributed by atoms with E-state index in [9.17, 15) is 8.42 Å². The van der Waals surface area contributed by atoms with Crippen molar-refractivity contribution in [1.29, 1.82) is 0 Å². The second-order valence-corrected chi connectivity index (χ2v) is 11.1. The van der Waals surface area contributed by atoms with Crippen LogP contribution in [0.1, 0.15) is 37.8 Å². The molecule has 0 spiro atoms. The van der Waals surface area contributed by atoms with Crippen molar-refractivity contribution in [2.75, 3.05) is 24.6 Å². The second-order valence-electron chi connectivity index (χ2n) is 9.35. The van der Waals surface area contributed by atoms with Crippen LogP contribution in [0.25, 0.3) is 22.2 Å². The lowest BCUT2D eigenvalue weighted by atomic mass is 9.79. The first-order chi connectivity index (χ1) is 15.3. The predicted molar refractivity (Wildman–Crippen MR) is 126 cm³/mol. The maximum Gasteiger partial charge on any atom is 0.209 e. The van der Waals surface area contributed by atoms with E-state index in [1.807, 2.05) is 24.3 Å². The minimum Gasteiger partial charge on any atom is -0.383 e. The number of likely N-dealkylation sites (tertiary alicyclic amines) is 1. The molecule has 0 unspecified atom stereocenters. The Morgan fingerprint density at radius 3 is 2.72 bits per heavy atom. The normalized spacial score (nSPS) is 23.8. The Bertz CT molecular complexity index is 1250. The topological polar surface area (TPSA) is 120 Å². The van der Waals surface area contributed by atoms with E-state index in [0.29, 0.717) is 18.3 Å². The quantitative estimate of drug-likeness (QED) is 0.566. The Morgan fingerprint density at radius 2 is 2.03 bits per heavy atom. The number of benzene rings is 1. The summed E-state index contributed by atoms with van der Waals surface area (Å²) >= 11 is 0. The van der Waals surface area contributed by atoms with Gasteiger partial charge in [0, 0.05) is 30.4 Å². The fourth-order valence-electron chi connectivity index (χ4n) is 5.01. The number of fused-ring (bicyclic) bond motifs is 1. The van der Waals surface area contributed by atoms with E-state index in [4.69, 9.17) is 10.9 Å². The van der Waals surface area contributed by atoms with Crippen LogP contribution in [0.3, 0.4) is 0 Å². The molecule has 2 aromatic heterocycles. The first kappa shape index (κ1) is 21.4. The van der Waals surface area contributed by atoms with Crippen molar-refractivity contribution >= 4 is 26.9 Å².